The summed E-state index contributed by atoms with van der Waals surface area (Å²) in [5.41, 5.74) is 3.99. The van der Waals surface area contributed by atoms with E-state index in [9.17, 15) is 4.79 Å². The lowest BCUT2D eigenvalue weighted by Gasteiger charge is -2.09. The van der Waals surface area contributed by atoms with E-state index in [1.54, 1.807) is 12.3 Å². The van der Waals surface area contributed by atoms with E-state index in [2.05, 4.69) is 31.5 Å². The Bertz CT molecular complexity index is 864. The van der Waals surface area contributed by atoms with Crippen LogP contribution in [0, 0.1) is 6.92 Å². The van der Waals surface area contributed by atoms with Crippen LogP contribution in [0.4, 0.5) is 17.2 Å². The molecule has 0 spiro atoms. The van der Waals surface area contributed by atoms with Crippen LogP contribution in [0.5, 0.6) is 0 Å². The van der Waals surface area contributed by atoms with Crippen LogP contribution in [0.3, 0.4) is 0 Å². The number of pyridine rings is 1. The van der Waals surface area contributed by atoms with Gasteiger partial charge in [0, 0.05) is 10.2 Å². The summed E-state index contributed by atoms with van der Waals surface area (Å²) in [6, 6.07) is 19.4. The molecule has 0 saturated heterocycles. The van der Waals surface area contributed by atoms with Gasteiger partial charge in [-0.1, -0.05) is 52.3 Å². The number of hydrogen-bond acceptors (Lipinski definition) is 3. The van der Waals surface area contributed by atoms with Crippen LogP contribution >= 0.6 is 15.9 Å². The highest BCUT2D eigenvalue weighted by Gasteiger charge is 2.05. The maximum absolute atomic E-state index is 12.1. The van der Waals surface area contributed by atoms with E-state index in [-0.39, 0.29) is 5.91 Å². The number of hydrogen-bond donors (Lipinski definition) is 2. The average molecular weight is 396 g/mol. The molecule has 0 saturated carbocycles. The topological polar surface area (TPSA) is 54.0 Å². The SMILES string of the molecule is Cc1ccc(Nc2ccc(NC(=O)Cc3ccccc3)nc2)cc1Br. The number of benzene rings is 2. The molecule has 0 radical (unpaired) electrons. The van der Waals surface area contributed by atoms with Crippen molar-refractivity contribution in [3.63, 3.8) is 0 Å². The third-order valence-electron chi connectivity index (χ3n) is 3.70. The Kier molecular flexibility index (Phi) is 5.46. The van der Waals surface area contributed by atoms with Gasteiger partial charge in [0.2, 0.25) is 5.91 Å². The van der Waals surface area contributed by atoms with Gasteiger partial charge < -0.3 is 10.6 Å². The summed E-state index contributed by atoms with van der Waals surface area (Å²) in [5.74, 6) is 0.457. The molecule has 0 aliphatic carbocycles. The van der Waals surface area contributed by atoms with E-state index in [1.165, 1.54) is 5.56 Å². The van der Waals surface area contributed by atoms with Crippen LogP contribution in [-0.2, 0) is 11.2 Å². The van der Waals surface area contributed by atoms with Crippen molar-refractivity contribution in [2.24, 2.45) is 0 Å². The molecule has 3 aromatic rings. The molecule has 0 fully saturated rings. The largest absolute Gasteiger partial charge is 0.354 e. The van der Waals surface area contributed by atoms with Crippen molar-refractivity contribution in [1.29, 1.82) is 0 Å². The zero-order chi connectivity index (χ0) is 17.6. The molecule has 0 unspecified atom stereocenters. The molecular formula is C20H18BrN3O. The van der Waals surface area contributed by atoms with Crippen molar-refractivity contribution >= 4 is 39.0 Å². The summed E-state index contributed by atoms with van der Waals surface area (Å²) in [4.78, 5) is 16.3. The fraction of sp³-hybridized carbons (Fsp3) is 0.100. The number of carbonyl (C=O) groups is 1. The van der Waals surface area contributed by atoms with Crippen LogP contribution in [0.25, 0.3) is 0 Å². The first-order chi connectivity index (χ1) is 12.1. The standard InChI is InChI=1S/C20H18BrN3O/c1-14-7-8-16(12-18(14)21)23-17-9-10-19(22-13-17)24-20(25)11-15-5-3-2-4-6-15/h2-10,12-13,23H,11H2,1H3,(H,22,24,25). The van der Waals surface area contributed by atoms with Crippen molar-refractivity contribution in [3.05, 3.63) is 82.5 Å². The van der Waals surface area contributed by atoms with Crippen LogP contribution in [0.1, 0.15) is 11.1 Å². The lowest BCUT2D eigenvalue weighted by Crippen LogP contribution is -2.15. The minimum Gasteiger partial charge on any atom is -0.354 e. The first kappa shape index (κ1) is 17.2. The van der Waals surface area contributed by atoms with Gasteiger partial charge in [0.05, 0.1) is 18.3 Å². The van der Waals surface area contributed by atoms with Gasteiger partial charge in [-0.25, -0.2) is 4.98 Å². The Morgan fingerprint density at radius 3 is 2.48 bits per heavy atom. The number of aromatic nitrogens is 1. The van der Waals surface area contributed by atoms with Crippen molar-refractivity contribution in [2.75, 3.05) is 10.6 Å². The van der Waals surface area contributed by atoms with Crippen LogP contribution in [0.2, 0.25) is 0 Å². The van der Waals surface area contributed by atoms with Crippen molar-refractivity contribution in [2.45, 2.75) is 13.3 Å². The highest BCUT2D eigenvalue weighted by atomic mass is 79.9. The molecule has 3 rings (SSSR count). The average Bonchev–Trinajstić information content (AvgIpc) is 2.61. The molecule has 0 bridgehead atoms. The molecule has 5 heteroatoms. The summed E-state index contributed by atoms with van der Waals surface area (Å²) in [5, 5.41) is 6.10. The fourth-order valence-electron chi connectivity index (χ4n) is 2.35. The molecule has 1 amide bonds. The number of amides is 1. The maximum Gasteiger partial charge on any atom is 0.229 e. The second kappa shape index (κ2) is 7.94. The minimum atomic E-state index is -0.0816. The second-order valence-corrected chi connectivity index (χ2v) is 6.59. The predicted octanol–water partition coefficient (Wildman–Crippen LogP) is 5.08. The van der Waals surface area contributed by atoms with E-state index in [1.807, 2.05) is 61.5 Å². The van der Waals surface area contributed by atoms with Gasteiger partial charge in [0.1, 0.15) is 5.82 Å². The number of aryl methyl sites for hydroxylation is 1. The number of carbonyl (C=O) groups excluding carboxylic acids is 1. The number of halogens is 1. The first-order valence-corrected chi connectivity index (χ1v) is 8.72. The van der Waals surface area contributed by atoms with Gasteiger partial charge in [0.15, 0.2) is 0 Å². The fourth-order valence-corrected chi connectivity index (χ4v) is 2.73. The van der Waals surface area contributed by atoms with Gasteiger partial charge in [-0.3, -0.25) is 4.79 Å². The Hall–Kier alpha value is -2.66. The first-order valence-electron chi connectivity index (χ1n) is 7.93. The van der Waals surface area contributed by atoms with E-state index >= 15 is 0 Å². The highest BCUT2D eigenvalue weighted by Crippen LogP contribution is 2.23. The molecule has 2 N–H and O–H groups in total. The Labute approximate surface area is 155 Å². The van der Waals surface area contributed by atoms with Gasteiger partial charge in [-0.2, -0.15) is 0 Å². The molecule has 4 nitrogen and oxygen atoms in total. The molecular weight excluding hydrogens is 378 g/mol. The lowest BCUT2D eigenvalue weighted by atomic mass is 10.1. The van der Waals surface area contributed by atoms with Crippen LogP contribution in [0.15, 0.2) is 71.3 Å². The smallest absolute Gasteiger partial charge is 0.229 e. The number of anilines is 3. The second-order valence-electron chi connectivity index (χ2n) is 5.73. The molecule has 0 aliphatic heterocycles. The van der Waals surface area contributed by atoms with Gasteiger partial charge >= 0.3 is 0 Å². The predicted molar refractivity (Wildman–Crippen MR) is 105 cm³/mol. The van der Waals surface area contributed by atoms with E-state index in [0.29, 0.717) is 12.2 Å². The Balaban J connectivity index is 1.60. The normalized spacial score (nSPS) is 10.3. The molecule has 25 heavy (non-hydrogen) atoms. The highest BCUT2D eigenvalue weighted by molar-refractivity contribution is 9.10. The third kappa shape index (κ3) is 4.90. The maximum atomic E-state index is 12.1. The Morgan fingerprint density at radius 1 is 1.04 bits per heavy atom. The van der Waals surface area contributed by atoms with Crippen molar-refractivity contribution < 1.29 is 4.79 Å². The molecule has 0 atom stereocenters. The van der Waals surface area contributed by atoms with Crippen LogP contribution in [-0.4, -0.2) is 10.9 Å². The van der Waals surface area contributed by atoms with Gasteiger partial charge in [0.25, 0.3) is 0 Å². The summed E-state index contributed by atoms with van der Waals surface area (Å²) in [7, 11) is 0. The zero-order valence-corrected chi connectivity index (χ0v) is 15.4. The van der Waals surface area contributed by atoms with E-state index in [4.69, 9.17) is 0 Å². The van der Waals surface area contributed by atoms with E-state index < -0.39 is 0 Å². The molecule has 1 heterocycles. The van der Waals surface area contributed by atoms with E-state index in [0.717, 1.165) is 21.4 Å². The summed E-state index contributed by atoms with van der Waals surface area (Å²) in [6.45, 7) is 2.04. The number of nitrogens with zero attached hydrogens (tertiary/aromatic N) is 1. The number of nitrogens with one attached hydrogen (secondary N) is 2. The molecule has 2 aromatic carbocycles. The summed E-state index contributed by atoms with van der Waals surface area (Å²) >= 11 is 3.52. The third-order valence-corrected chi connectivity index (χ3v) is 4.55. The summed E-state index contributed by atoms with van der Waals surface area (Å²) in [6.07, 6.45) is 2.03. The molecule has 1 aromatic heterocycles. The van der Waals surface area contributed by atoms with Gasteiger partial charge in [-0.05, 0) is 42.3 Å². The van der Waals surface area contributed by atoms with Crippen molar-refractivity contribution in [1.82, 2.24) is 4.98 Å². The minimum absolute atomic E-state index is 0.0816. The summed E-state index contributed by atoms with van der Waals surface area (Å²) < 4.78 is 1.05. The molecule has 0 aliphatic rings. The Morgan fingerprint density at radius 2 is 1.80 bits per heavy atom. The molecule has 126 valence electrons. The number of rotatable bonds is 5. The van der Waals surface area contributed by atoms with Crippen LogP contribution < -0.4 is 10.6 Å². The van der Waals surface area contributed by atoms with Crippen molar-refractivity contribution in [3.8, 4) is 0 Å². The monoisotopic (exact) mass is 395 g/mol. The van der Waals surface area contributed by atoms with Gasteiger partial charge in [-0.15, -0.1) is 0 Å². The quantitative estimate of drug-likeness (QED) is 0.633. The lowest BCUT2D eigenvalue weighted by molar-refractivity contribution is -0.115. The zero-order valence-electron chi connectivity index (χ0n) is 13.8.